The standard InChI is InChI=1S/C14H15N3O3/c1-10(18)16-13(14(19)20)7-11-8-15-17(9-11)12-5-3-2-4-6-12/h2-6,8-9,13H,7H2,1H3,(H,16,18)(H,19,20). The van der Waals surface area contributed by atoms with E-state index in [0.29, 0.717) is 0 Å². The highest BCUT2D eigenvalue weighted by Gasteiger charge is 2.19. The van der Waals surface area contributed by atoms with Gasteiger partial charge >= 0.3 is 5.97 Å². The third kappa shape index (κ3) is 3.44. The minimum Gasteiger partial charge on any atom is -0.480 e. The summed E-state index contributed by atoms with van der Waals surface area (Å²) >= 11 is 0. The van der Waals surface area contributed by atoms with Crippen molar-refractivity contribution in [3.05, 3.63) is 48.3 Å². The highest BCUT2D eigenvalue weighted by molar-refractivity contribution is 5.82. The molecular formula is C14H15N3O3. The lowest BCUT2D eigenvalue weighted by Crippen LogP contribution is -2.41. The van der Waals surface area contributed by atoms with Crippen LogP contribution in [0.3, 0.4) is 0 Å². The van der Waals surface area contributed by atoms with E-state index >= 15 is 0 Å². The summed E-state index contributed by atoms with van der Waals surface area (Å²) in [6.45, 7) is 1.29. The molecule has 1 unspecified atom stereocenters. The fraction of sp³-hybridized carbons (Fsp3) is 0.214. The maximum Gasteiger partial charge on any atom is 0.326 e. The van der Waals surface area contributed by atoms with E-state index in [1.807, 2.05) is 30.3 Å². The fourth-order valence-corrected chi connectivity index (χ4v) is 1.87. The molecule has 0 aliphatic rings. The summed E-state index contributed by atoms with van der Waals surface area (Å²) in [7, 11) is 0. The summed E-state index contributed by atoms with van der Waals surface area (Å²) in [6.07, 6.45) is 3.56. The van der Waals surface area contributed by atoms with Gasteiger partial charge in [0, 0.05) is 19.5 Å². The van der Waals surface area contributed by atoms with Crippen LogP contribution in [0.15, 0.2) is 42.7 Å². The quantitative estimate of drug-likeness (QED) is 0.851. The van der Waals surface area contributed by atoms with Gasteiger partial charge in [0.2, 0.25) is 5.91 Å². The van der Waals surface area contributed by atoms with Crippen LogP contribution in [0.5, 0.6) is 0 Å². The molecule has 0 fully saturated rings. The van der Waals surface area contributed by atoms with E-state index in [0.717, 1.165) is 11.3 Å². The maximum absolute atomic E-state index is 11.1. The van der Waals surface area contributed by atoms with Crippen molar-refractivity contribution in [2.75, 3.05) is 0 Å². The van der Waals surface area contributed by atoms with Crippen molar-refractivity contribution < 1.29 is 14.7 Å². The zero-order valence-electron chi connectivity index (χ0n) is 11.0. The van der Waals surface area contributed by atoms with Gasteiger partial charge in [0.25, 0.3) is 0 Å². The number of nitrogens with one attached hydrogen (secondary N) is 1. The number of para-hydroxylation sites is 1. The Labute approximate surface area is 116 Å². The molecule has 1 atom stereocenters. The smallest absolute Gasteiger partial charge is 0.326 e. The first kappa shape index (κ1) is 13.8. The van der Waals surface area contributed by atoms with E-state index in [2.05, 4.69) is 10.4 Å². The Bertz CT molecular complexity index is 607. The molecule has 6 heteroatoms. The van der Waals surface area contributed by atoms with Gasteiger partial charge in [-0.25, -0.2) is 9.48 Å². The molecule has 2 aromatic rings. The van der Waals surface area contributed by atoms with Crippen molar-refractivity contribution >= 4 is 11.9 Å². The van der Waals surface area contributed by atoms with Crippen LogP contribution in [0, 0.1) is 0 Å². The first-order valence-electron chi connectivity index (χ1n) is 6.15. The summed E-state index contributed by atoms with van der Waals surface area (Å²) in [5.74, 6) is -1.43. The van der Waals surface area contributed by atoms with E-state index in [4.69, 9.17) is 5.11 Å². The lowest BCUT2D eigenvalue weighted by molar-refractivity contribution is -0.141. The molecule has 0 radical (unpaired) electrons. The van der Waals surface area contributed by atoms with Crippen molar-refractivity contribution in [2.24, 2.45) is 0 Å². The first-order chi connectivity index (χ1) is 9.56. The van der Waals surface area contributed by atoms with E-state index < -0.39 is 12.0 Å². The van der Waals surface area contributed by atoms with Crippen molar-refractivity contribution in [1.29, 1.82) is 0 Å². The molecular weight excluding hydrogens is 258 g/mol. The highest BCUT2D eigenvalue weighted by atomic mass is 16.4. The molecule has 0 saturated carbocycles. The summed E-state index contributed by atoms with van der Waals surface area (Å²) in [5, 5.41) is 15.7. The van der Waals surface area contributed by atoms with Gasteiger partial charge < -0.3 is 10.4 Å². The Morgan fingerprint density at radius 3 is 2.65 bits per heavy atom. The number of benzene rings is 1. The van der Waals surface area contributed by atoms with Crippen molar-refractivity contribution in [1.82, 2.24) is 15.1 Å². The largest absolute Gasteiger partial charge is 0.480 e. The Morgan fingerprint density at radius 1 is 1.35 bits per heavy atom. The van der Waals surface area contributed by atoms with Gasteiger partial charge in [0.05, 0.1) is 11.9 Å². The minimum atomic E-state index is -1.06. The van der Waals surface area contributed by atoms with Crippen molar-refractivity contribution in [3.63, 3.8) is 0 Å². The second-order valence-electron chi connectivity index (χ2n) is 4.42. The topological polar surface area (TPSA) is 84.2 Å². The maximum atomic E-state index is 11.1. The molecule has 2 N–H and O–H groups in total. The predicted octanol–water partition coefficient (Wildman–Crippen LogP) is 1.00. The summed E-state index contributed by atoms with van der Waals surface area (Å²) < 4.78 is 1.67. The molecule has 0 aliphatic heterocycles. The van der Waals surface area contributed by atoms with Gasteiger partial charge in [-0.2, -0.15) is 5.10 Å². The number of aliphatic carboxylic acids is 1. The third-order valence-corrected chi connectivity index (χ3v) is 2.77. The summed E-state index contributed by atoms with van der Waals surface area (Å²) in [5.41, 5.74) is 1.64. The lowest BCUT2D eigenvalue weighted by atomic mass is 10.1. The predicted molar refractivity (Wildman–Crippen MR) is 72.5 cm³/mol. The number of hydrogen-bond donors (Lipinski definition) is 2. The summed E-state index contributed by atoms with van der Waals surface area (Å²) in [4.78, 5) is 22.1. The molecule has 6 nitrogen and oxygen atoms in total. The monoisotopic (exact) mass is 273 g/mol. The van der Waals surface area contributed by atoms with Crippen LogP contribution in [0.1, 0.15) is 12.5 Å². The number of carboxylic acid groups (broad SMARTS) is 1. The minimum absolute atomic E-state index is 0.196. The number of carbonyl (C=O) groups excluding carboxylic acids is 1. The lowest BCUT2D eigenvalue weighted by Gasteiger charge is -2.11. The molecule has 1 aromatic heterocycles. The van der Waals surface area contributed by atoms with Crippen LogP contribution in [0.4, 0.5) is 0 Å². The molecule has 1 amide bonds. The van der Waals surface area contributed by atoms with Crippen LogP contribution in [-0.4, -0.2) is 32.8 Å². The molecule has 0 aliphatic carbocycles. The normalized spacial score (nSPS) is 11.8. The van der Waals surface area contributed by atoms with E-state index in [1.165, 1.54) is 6.92 Å². The second-order valence-corrected chi connectivity index (χ2v) is 4.42. The molecule has 20 heavy (non-hydrogen) atoms. The average molecular weight is 273 g/mol. The number of carbonyl (C=O) groups is 2. The molecule has 1 heterocycles. The average Bonchev–Trinajstić information content (AvgIpc) is 2.87. The third-order valence-electron chi connectivity index (χ3n) is 2.77. The molecule has 2 rings (SSSR count). The Hall–Kier alpha value is -2.63. The number of rotatable bonds is 5. The van der Waals surface area contributed by atoms with Crippen molar-refractivity contribution in [3.8, 4) is 5.69 Å². The fourth-order valence-electron chi connectivity index (χ4n) is 1.87. The van der Waals surface area contributed by atoms with Crippen molar-refractivity contribution in [2.45, 2.75) is 19.4 Å². The zero-order valence-corrected chi connectivity index (χ0v) is 11.0. The van der Waals surface area contributed by atoms with Gasteiger partial charge in [-0.3, -0.25) is 4.79 Å². The Morgan fingerprint density at radius 2 is 2.05 bits per heavy atom. The molecule has 0 saturated heterocycles. The van der Waals surface area contributed by atoms with E-state index in [1.54, 1.807) is 17.1 Å². The first-order valence-corrected chi connectivity index (χ1v) is 6.15. The second kappa shape index (κ2) is 6.01. The van der Waals surface area contributed by atoms with Gasteiger partial charge in [-0.05, 0) is 17.7 Å². The van der Waals surface area contributed by atoms with E-state index in [9.17, 15) is 9.59 Å². The molecule has 1 aromatic carbocycles. The van der Waals surface area contributed by atoms with Crippen LogP contribution < -0.4 is 5.32 Å². The van der Waals surface area contributed by atoms with Crippen LogP contribution in [0.25, 0.3) is 5.69 Å². The van der Waals surface area contributed by atoms with Crippen LogP contribution in [-0.2, 0) is 16.0 Å². The zero-order chi connectivity index (χ0) is 14.5. The van der Waals surface area contributed by atoms with Gasteiger partial charge in [-0.15, -0.1) is 0 Å². The molecule has 0 bridgehead atoms. The van der Waals surface area contributed by atoms with Crippen LogP contribution >= 0.6 is 0 Å². The number of hydrogen-bond acceptors (Lipinski definition) is 3. The Balaban J connectivity index is 2.12. The highest BCUT2D eigenvalue weighted by Crippen LogP contribution is 2.09. The number of amides is 1. The summed E-state index contributed by atoms with van der Waals surface area (Å²) in [6, 6.07) is 8.56. The Kier molecular flexibility index (Phi) is 4.14. The molecule has 104 valence electrons. The van der Waals surface area contributed by atoms with Gasteiger partial charge in [0.15, 0.2) is 0 Å². The number of aromatic nitrogens is 2. The number of carboxylic acids is 1. The molecule has 0 spiro atoms. The van der Waals surface area contributed by atoms with Gasteiger partial charge in [0.1, 0.15) is 6.04 Å². The SMILES string of the molecule is CC(=O)NC(Cc1cnn(-c2ccccc2)c1)C(=O)O. The van der Waals surface area contributed by atoms with E-state index in [-0.39, 0.29) is 12.3 Å². The number of nitrogens with zero attached hydrogens (tertiary/aromatic N) is 2. The van der Waals surface area contributed by atoms with Crippen LogP contribution in [0.2, 0.25) is 0 Å². The van der Waals surface area contributed by atoms with Gasteiger partial charge in [-0.1, -0.05) is 18.2 Å².